The minimum absolute atomic E-state index is 0.405. The molecule has 0 aliphatic carbocycles. The standard InChI is InChI=1S/C15H17N9/c1-4-16-9-19-13(1)21-12-2-5-23(6-3-12)14-7-17-8-15(22-14)24-11-18-10-20-24/h1,4,7-12H,2-3,5-6H2,(H,16,19,21). The molecule has 0 saturated carbocycles. The summed E-state index contributed by atoms with van der Waals surface area (Å²) in [6.07, 6.45) is 11.9. The highest BCUT2D eigenvalue weighted by Crippen LogP contribution is 2.20. The number of hydrogen-bond acceptors (Lipinski definition) is 8. The minimum Gasteiger partial charge on any atom is -0.367 e. The van der Waals surface area contributed by atoms with Crippen LogP contribution >= 0.6 is 0 Å². The Bertz CT molecular complexity index is 767. The fourth-order valence-corrected chi connectivity index (χ4v) is 2.77. The molecule has 4 rings (SSSR count). The maximum absolute atomic E-state index is 4.63. The van der Waals surface area contributed by atoms with Gasteiger partial charge in [0.1, 0.15) is 30.6 Å². The Morgan fingerprint density at radius 1 is 1.00 bits per heavy atom. The molecule has 0 aromatic carbocycles. The summed E-state index contributed by atoms with van der Waals surface area (Å²) in [7, 11) is 0. The first-order valence-corrected chi connectivity index (χ1v) is 7.83. The monoisotopic (exact) mass is 323 g/mol. The van der Waals surface area contributed by atoms with Gasteiger partial charge in [0, 0.05) is 25.3 Å². The molecule has 0 bridgehead atoms. The summed E-state index contributed by atoms with van der Waals surface area (Å²) in [6.45, 7) is 1.83. The second-order valence-corrected chi connectivity index (χ2v) is 5.58. The summed E-state index contributed by atoms with van der Waals surface area (Å²) < 4.78 is 1.61. The summed E-state index contributed by atoms with van der Waals surface area (Å²) in [5.41, 5.74) is 0. The molecule has 4 heterocycles. The first-order chi connectivity index (χ1) is 11.9. The Labute approximate surface area is 138 Å². The van der Waals surface area contributed by atoms with Gasteiger partial charge in [0.25, 0.3) is 0 Å². The number of nitrogens with zero attached hydrogens (tertiary/aromatic N) is 8. The highest BCUT2D eigenvalue weighted by atomic mass is 15.4. The molecule has 122 valence electrons. The number of piperidine rings is 1. The van der Waals surface area contributed by atoms with Gasteiger partial charge in [0.2, 0.25) is 0 Å². The van der Waals surface area contributed by atoms with E-state index in [4.69, 9.17) is 0 Å². The quantitative estimate of drug-likeness (QED) is 0.757. The zero-order chi connectivity index (χ0) is 16.2. The molecule has 0 unspecified atom stereocenters. The van der Waals surface area contributed by atoms with Gasteiger partial charge in [0.05, 0.1) is 12.4 Å². The van der Waals surface area contributed by atoms with Crippen molar-refractivity contribution in [3.05, 3.63) is 43.6 Å². The van der Waals surface area contributed by atoms with Crippen LogP contribution in [0.5, 0.6) is 0 Å². The second kappa shape index (κ2) is 6.57. The molecule has 0 amide bonds. The van der Waals surface area contributed by atoms with Crippen molar-refractivity contribution in [3.8, 4) is 5.82 Å². The van der Waals surface area contributed by atoms with Crippen LogP contribution in [-0.2, 0) is 0 Å². The lowest BCUT2D eigenvalue weighted by Crippen LogP contribution is -2.39. The number of rotatable bonds is 4. The Morgan fingerprint density at radius 2 is 1.88 bits per heavy atom. The van der Waals surface area contributed by atoms with Crippen molar-refractivity contribution in [1.29, 1.82) is 0 Å². The highest BCUT2D eigenvalue weighted by molar-refractivity contribution is 5.41. The number of hydrogen-bond donors (Lipinski definition) is 1. The summed E-state index contributed by atoms with van der Waals surface area (Å²) in [5.74, 6) is 2.41. The van der Waals surface area contributed by atoms with Crippen molar-refractivity contribution in [2.24, 2.45) is 0 Å². The zero-order valence-corrected chi connectivity index (χ0v) is 13.0. The molecule has 1 N–H and O–H groups in total. The molecule has 0 spiro atoms. The van der Waals surface area contributed by atoms with Crippen molar-refractivity contribution < 1.29 is 0 Å². The third-order valence-electron chi connectivity index (χ3n) is 4.02. The molecule has 0 atom stereocenters. The van der Waals surface area contributed by atoms with Crippen LogP contribution in [0.3, 0.4) is 0 Å². The minimum atomic E-state index is 0.405. The lowest BCUT2D eigenvalue weighted by atomic mass is 10.1. The fraction of sp³-hybridized carbons (Fsp3) is 0.333. The van der Waals surface area contributed by atoms with Gasteiger partial charge in [-0.05, 0) is 18.9 Å². The predicted octanol–water partition coefficient (Wildman–Crippen LogP) is 0.928. The van der Waals surface area contributed by atoms with Crippen molar-refractivity contribution in [2.75, 3.05) is 23.3 Å². The van der Waals surface area contributed by atoms with Gasteiger partial charge in [-0.3, -0.25) is 4.98 Å². The molecular weight excluding hydrogens is 306 g/mol. The lowest BCUT2D eigenvalue weighted by Gasteiger charge is -2.33. The molecule has 9 heteroatoms. The summed E-state index contributed by atoms with van der Waals surface area (Å²) in [6, 6.07) is 2.29. The van der Waals surface area contributed by atoms with Crippen molar-refractivity contribution in [2.45, 2.75) is 18.9 Å². The fourth-order valence-electron chi connectivity index (χ4n) is 2.77. The van der Waals surface area contributed by atoms with Crippen LogP contribution in [0.15, 0.2) is 43.6 Å². The SMILES string of the molecule is c1cc(NC2CCN(c3cncc(-n4cncn4)n3)CC2)ncn1. The van der Waals surface area contributed by atoms with Gasteiger partial charge < -0.3 is 10.2 Å². The normalized spacial score (nSPS) is 15.4. The predicted molar refractivity (Wildman–Crippen MR) is 87.8 cm³/mol. The smallest absolute Gasteiger partial charge is 0.175 e. The summed E-state index contributed by atoms with van der Waals surface area (Å²) in [5, 5.41) is 7.54. The molecule has 1 aliphatic rings. The van der Waals surface area contributed by atoms with Crippen LogP contribution in [0.1, 0.15) is 12.8 Å². The van der Waals surface area contributed by atoms with Gasteiger partial charge in [-0.25, -0.2) is 24.6 Å². The van der Waals surface area contributed by atoms with Gasteiger partial charge in [0.15, 0.2) is 5.82 Å². The summed E-state index contributed by atoms with van der Waals surface area (Å²) >= 11 is 0. The van der Waals surface area contributed by atoms with Gasteiger partial charge >= 0.3 is 0 Å². The third kappa shape index (κ3) is 3.14. The van der Waals surface area contributed by atoms with Crippen LogP contribution < -0.4 is 10.2 Å². The Morgan fingerprint density at radius 3 is 2.62 bits per heavy atom. The van der Waals surface area contributed by atoms with E-state index in [1.54, 1.807) is 35.9 Å². The van der Waals surface area contributed by atoms with Crippen molar-refractivity contribution in [1.82, 2.24) is 34.7 Å². The van der Waals surface area contributed by atoms with Gasteiger partial charge in [-0.2, -0.15) is 5.10 Å². The molecule has 1 fully saturated rings. The largest absolute Gasteiger partial charge is 0.367 e. The maximum atomic E-state index is 4.63. The Balaban J connectivity index is 1.40. The molecule has 24 heavy (non-hydrogen) atoms. The number of nitrogens with one attached hydrogen (secondary N) is 1. The van der Waals surface area contributed by atoms with E-state index in [-0.39, 0.29) is 0 Å². The molecule has 0 radical (unpaired) electrons. The lowest BCUT2D eigenvalue weighted by molar-refractivity contribution is 0.521. The van der Waals surface area contributed by atoms with Gasteiger partial charge in [-0.15, -0.1) is 0 Å². The van der Waals surface area contributed by atoms with Crippen LogP contribution in [0.4, 0.5) is 11.6 Å². The first-order valence-electron chi connectivity index (χ1n) is 7.83. The number of aromatic nitrogens is 7. The van der Waals surface area contributed by atoms with Crippen molar-refractivity contribution >= 4 is 11.6 Å². The highest BCUT2D eigenvalue weighted by Gasteiger charge is 2.21. The molecular formula is C15H17N9. The summed E-state index contributed by atoms with van der Waals surface area (Å²) in [4.78, 5) is 23.2. The van der Waals surface area contributed by atoms with Crippen molar-refractivity contribution in [3.63, 3.8) is 0 Å². The van der Waals surface area contributed by atoms with E-state index in [9.17, 15) is 0 Å². The van der Waals surface area contributed by atoms with E-state index in [1.165, 1.54) is 6.33 Å². The third-order valence-corrected chi connectivity index (χ3v) is 4.02. The van der Waals surface area contributed by atoms with E-state index in [0.717, 1.165) is 37.6 Å². The average molecular weight is 323 g/mol. The van der Waals surface area contributed by atoms with Crippen LogP contribution in [0.2, 0.25) is 0 Å². The van der Waals surface area contributed by atoms with Crippen LogP contribution in [0, 0.1) is 0 Å². The van der Waals surface area contributed by atoms with Crippen LogP contribution in [0.25, 0.3) is 5.82 Å². The average Bonchev–Trinajstić information content (AvgIpc) is 3.18. The van der Waals surface area contributed by atoms with E-state index in [2.05, 4.69) is 40.2 Å². The van der Waals surface area contributed by atoms with E-state index >= 15 is 0 Å². The molecule has 3 aromatic heterocycles. The zero-order valence-electron chi connectivity index (χ0n) is 13.0. The van der Waals surface area contributed by atoms with E-state index < -0.39 is 0 Å². The Kier molecular flexibility index (Phi) is 3.96. The van der Waals surface area contributed by atoms with Gasteiger partial charge in [-0.1, -0.05) is 0 Å². The molecule has 3 aromatic rings. The first kappa shape index (κ1) is 14.5. The topological polar surface area (TPSA) is 97.5 Å². The molecule has 9 nitrogen and oxygen atoms in total. The molecule has 1 aliphatic heterocycles. The van der Waals surface area contributed by atoms with Crippen LogP contribution in [-0.4, -0.2) is 53.8 Å². The number of anilines is 2. The second-order valence-electron chi connectivity index (χ2n) is 5.58. The Hall–Kier alpha value is -3.10. The maximum Gasteiger partial charge on any atom is 0.175 e. The van der Waals surface area contributed by atoms with E-state index in [1.807, 2.05) is 6.07 Å². The van der Waals surface area contributed by atoms with E-state index in [0.29, 0.717) is 11.9 Å². The molecule has 1 saturated heterocycles.